The van der Waals surface area contributed by atoms with E-state index in [4.69, 9.17) is 0 Å². The van der Waals surface area contributed by atoms with Gasteiger partial charge in [0.15, 0.2) is 0 Å². The van der Waals surface area contributed by atoms with Gasteiger partial charge >= 0.3 is 0 Å². The first-order valence-corrected chi connectivity index (χ1v) is 4.81. The number of likely N-dealkylation sites (N-methyl/N-ethyl adjacent to an activating group) is 2. The predicted molar refractivity (Wildman–Crippen MR) is 60.3 cm³/mol. The van der Waals surface area contributed by atoms with Crippen LogP contribution in [0.3, 0.4) is 0 Å². The van der Waals surface area contributed by atoms with Crippen molar-refractivity contribution in [2.45, 2.75) is 19.0 Å². The third-order valence-electron chi connectivity index (χ3n) is 2.08. The van der Waals surface area contributed by atoms with Crippen LogP contribution in [0.25, 0.3) is 0 Å². The fraction of sp³-hybridized carbons (Fsp3) is 0.545. The third kappa shape index (κ3) is 3.63. The summed E-state index contributed by atoms with van der Waals surface area (Å²) in [5.41, 5.74) is 0. The molecule has 14 heavy (non-hydrogen) atoms. The van der Waals surface area contributed by atoms with Gasteiger partial charge in [-0.05, 0) is 20.0 Å². The molecule has 3 nitrogen and oxygen atoms in total. The van der Waals surface area contributed by atoms with Crippen molar-refractivity contribution in [3.63, 3.8) is 0 Å². The Morgan fingerprint density at radius 3 is 3.07 bits per heavy atom. The van der Waals surface area contributed by atoms with Crippen LogP contribution in [0.2, 0.25) is 0 Å². The number of hydrogen-bond acceptors (Lipinski definition) is 3. The minimum absolute atomic E-state index is 0.148. The summed E-state index contributed by atoms with van der Waals surface area (Å²) in [6, 6.07) is 0.522. The van der Waals surface area contributed by atoms with E-state index in [-0.39, 0.29) is 6.04 Å². The quantitative estimate of drug-likeness (QED) is 0.644. The molecule has 0 saturated carbocycles. The van der Waals surface area contributed by atoms with Crippen molar-refractivity contribution in [3.05, 3.63) is 12.2 Å². The molecule has 1 heterocycles. The van der Waals surface area contributed by atoms with Crippen LogP contribution in [0.4, 0.5) is 0 Å². The van der Waals surface area contributed by atoms with Gasteiger partial charge in [-0.3, -0.25) is 4.99 Å². The first kappa shape index (κ1) is 10.8. The molecular formula is C11H17N3. The molecular weight excluding hydrogens is 174 g/mol. The lowest BCUT2D eigenvalue weighted by atomic mass is 10.3. The molecule has 0 spiro atoms. The zero-order valence-electron chi connectivity index (χ0n) is 8.99. The van der Waals surface area contributed by atoms with Crippen molar-refractivity contribution < 1.29 is 0 Å². The lowest BCUT2D eigenvalue weighted by molar-refractivity contribution is 0.544. The van der Waals surface area contributed by atoms with Crippen molar-refractivity contribution in [2.24, 2.45) is 4.99 Å². The Balaban J connectivity index is 2.34. The smallest absolute Gasteiger partial charge is 0.130 e. The Bertz CT molecular complexity index is 283. The van der Waals surface area contributed by atoms with Crippen molar-refractivity contribution in [1.82, 2.24) is 10.2 Å². The van der Waals surface area contributed by atoms with Gasteiger partial charge in [0.1, 0.15) is 6.04 Å². The van der Waals surface area contributed by atoms with Crippen molar-refractivity contribution in [1.29, 1.82) is 0 Å². The Labute approximate surface area is 85.9 Å². The second-order valence-corrected chi connectivity index (χ2v) is 3.45. The summed E-state index contributed by atoms with van der Waals surface area (Å²) in [7, 11) is 3.93. The Morgan fingerprint density at radius 2 is 2.50 bits per heavy atom. The third-order valence-corrected chi connectivity index (χ3v) is 2.08. The van der Waals surface area contributed by atoms with Gasteiger partial charge in [-0.25, -0.2) is 0 Å². The van der Waals surface area contributed by atoms with Crippen LogP contribution in [0.5, 0.6) is 0 Å². The topological polar surface area (TPSA) is 27.6 Å². The maximum Gasteiger partial charge on any atom is 0.130 e. The Kier molecular flexibility index (Phi) is 4.21. The van der Waals surface area contributed by atoms with Crippen LogP contribution >= 0.6 is 0 Å². The van der Waals surface area contributed by atoms with Crippen LogP contribution in [0.1, 0.15) is 6.92 Å². The SMILES string of the molecule is CNC(C)/C=C\C#CC1CN(C)C=N1. The molecule has 3 heteroatoms. The highest BCUT2D eigenvalue weighted by atomic mass is 15.2. The van der Waals surface area contributed by atoms with Crippen LogP contribution < -0.4 is 5.32 Å². The van der Waals surface area contributed by atoms with E-state index in [0.717, 1.165) is 6.54 Å². The van der Waals surface area contributed by atoms with Crippen LogP contribution in [0.15, 0.2) is 17.1 Å². The number of hydrogen-bond donors (Lipinski definition) is 1. The van der Waals surface area contributed by atoms with Crippen molar-refractivity contribution in [3.8, 4) is 11.8 Å². The zero-order chi connectivity index (χ0) is 10.4. The van der Waals surface area contributed by atoms with E-state index in [1.165, 1.54) is 0 Å². The second-order valence-electron chi connectivity index (χ2n) is 3.45. The van der Waals surface area contributed by atoms with E-state index in [0.29, 0.717) is 6.04 Å². The molecule has 0 saturated heterocycles. The molecule has 0 radical (unpaired) electrons. The van der Waals surface area contributed by atoms with Gasteiger partial charge in [0.05, 0.1) is 12.9 Å². The molecule has 2 atom stereocenters. The van der Waals surface area contributed by atoms with E-state index in [2.05, 4.69) is 29.1 Å². The van der Waals surface area contributed by atoms with Crippen molar-refractivity contribution in [2.75, 3.05) is 20.6 Å². The number of allylic oxidation sites excluding steroid dienone is 1. The molecule has 1 aliphatic rings. The Hall–Kier alpha value is -1.27. The summed E-state index contributed by atoms with van der Waals surface area (Å²) in [6.07, 6.45) is 5.75. The van der Waals surface area contributed by atoms with Crippen LogP contribution in [-0.2, 0) is 0 Å². The maximum absolute atomic E-state index is 4.23. The van der Waals surface area contributed by atoms with Gasteiger partial charge in [-0.15, -0.1) is 0 Å². The van der Waals surface area contributed by atoms with Crippen LogP contribution in [-0.4, -0.2) is 44.0 Å². The maximum atomic E-state index is 4.23. The first-order chi connectivity index (χ1) is 6.72. The molecule has 0 aromatic carbocycles. The predicted octanol–water partition coefficient (Wildman–Crippen LogP) is 0.496. The fourth-order valence-corrected chi connectivity index (χ4v) is 1.08. The van der Waals surface area contributed by atoms with Crippen LogP contribution in [0, 0.1) is 11.8 Å². The number of nitrogens with zero attached hydrogens (tertiary/aromatic N) is 2. The molecule has 0 amide bonds. The zero-order valence-corrected chi connectivity index (χ0v) is 8.99. The van der Waals surface area contributed by atoms with Gasteiger partial charge in [0.25, 0.3) is 0 Å². The van der Waals surface area contributed by atoms with E-state index in [1.54, 1.807) is 0 Å². The standard InChI is InChI=1S/C11H17N3/c1-10(12-2)6-4-5-7-11-8-14(3)9-13-11/h4,6,9-12H,8H2,1-3H3/b6-4-. The summed E-state index contributed by atoms with van der Waals surface area (Å²) in [4.78, 5) is 6.27. The van der Waals surface area contributed by atoms with Gasteiger partial charge in [0.2, 0.25) is 0 Å². The summed E-state index contributed by atoms with van der Waals surface area (Å²) in [5.74, 6) is 6.09. The fourth-order valence-electron chi connectivity index (χ4n) is 1.08. The largest absolute Gasteiger partial charge is 0.363 e. The second kappa shape index (κ2) is 5.46. The molecule has 0 fully saturated rings. The molecule has 2 unspecified atom stereocenters. The number of nitrogens with one attached hydrogen (secondary N) is 1. The Morgan fingerprint density at radius 1 is 1.71 bits per heavy atom. The van der Waals surface area contributed by atoms with Crippen molar-refractivity contribution >= 4 is 6.34 Å². The molecule has 1 aliphatic heterocycles. The molecule has 0 aliphatic carbocycles. The monoisotopic (exact) mass is 191 g/mol. The summed E-state index contributed by atoms with van der Waals surface area (Å²) in [6.45, 7) is 2.99. The minimum Gasteiger partial charge on any atom is -0.363 e. The normalized spacial score (nSPS) is 22.5. The van der Waals surface area contributed by atoms with Gasteiger partial charge < -0.3 is 10.2 Å². The molecule has 1 rings (SSSR count). The number of rotatable bonds is 2. The summed E-state index contributed by atoms with van der Waals surface area (Å²) >= 11 is 0. The highest BCUT2D eigenvalue weighted by molar-refractivity contribution is 5.58. The lowest BCUT2D eigenvalue weighted by Gasteiger charge is -2.03. The average molecular weight is 191 g/mol. The van der Waals surface area contributed by atoms with Gasteiger partial charge in [-0.2, -0.15) is 0 Å². The van der Waals surface area contributed by atoms with E-state index in [1.807, 2.05) is 37.5 Å². The molecule has 0 aromatic heterocycles. The average Bonchev–Trinajstić information content (AvgIpc) is 2.58. The minimum atomic E-state index is 0.148. The molecule has 76 valence electrons. The highest BCUT2D eigenvalue weighted by Gasteiger charge is 2.09. The van der Waals surface area contributed by atoms with E-state index >= 15 is 0 Å². The van der Waals surface area contributed by atoms with E-state index in [9.17, 15) is 0 Å². The molecule has 1 N–H and O–H groups in total. The lowest BCUT2D eigenvalue weighted by Crippen LogP contribution is -2.18. The van der Waals surface area contributed by atoms with E-state index < -0.39 is 0 Å². The van der Waals surface area contributed by atoms with Gasteiger partial charge in [-0.1, -0.05) is 17.9 Å². The number of aliphatic imine (C=N–C) groups is 1. The first-order valence-electron chi connectivity index (χ1n) is 4.81. The summed E-state index contributed by atoms with van der Waals surface area (Å²) in [5, 5.41) is 3.11. The van der Waals surface area contributed by atoms with Gasteiger partial charge in [0, 0.05) is 13.1 Å². The highest BCUT2D eigenvalue weighted by Crippen LogP contribution is 1.98. The molecule has 0 bridgehead atoms. The summed E-state index contributed by atoms with van der Waals surface area (Å²) < 4.78 is 0. The molecule has 0 aromatic rings.